The van der Waals surface area contributed by atoms with Crippen LogP contribution in [-0.4, -0.2) is 21.5 Å². The molecule has 0 aliphatic carbocycles. The quantitative estimate of drug-likeness (QED) is 0.841. The van der Waals surface area contributed by atoms with Crippen molar-refractivity contribution < 1.29 is 14.6 Å². The van der Waals surface area contributed by atoms with Crippen LogP contribution in [-0.2, 0) is 9.53 Å². The van der Waals surface area contributed by atoms with E-state index in [1.54, 1.807) is 12.1 Å². The van der Waals surface area contributed by atoms with Crippen LogP contribution < -0.4 is 0 Å². The number of aliphatic hydroxyl groups excluding tert-OH is 1. The van der Waals surface area contributed by atoms with E-state index in [1.165, 1.54) is 0 Å². The smallest absolute Gasteiger partial charge is 0.167 e. The van der Waals surface area contributed by atoms with Gasteiger partial charge in [-0.25, -0.2) is 0 Å². The molecule has 0 fully saturated rings. The summed E-state index contributed by atoms with van der Waals surface area (Å²) in [5, 5.41) is 10.2. The maximum atomic E-state index is 11.8. The highest BCUT2D eigenvalue weighted by atomic mass is 32.1. The molecule has 1 rings (SSSR count). The van der Waals surface area contributed by atoms with Gasteiger partial charge in [0.05, 0.1) is 12.5 Å². The van der Waals surface area contributed by atoms with E-state index in [0.717, 1.165) is 5.56 Å². The predicted molar refractivity (Wildman–Crippen MR) is 79.1 cm³/mol. The van der Waals surface area contributed by atoms with Gasteiger partial charge >= 0.3 is 0 Å². The Morgan fingerprint density at radius 1 is 1.32 bits per heavy atom. The third kappa shape index (κ3) is 6.45. The van der Waals surface area contributed by atoms with Crippen molar-refractivity contribution in [3.8, 4) is 0 Å². The summed E-state index contributed by atoms with van der Waals surface area (Å²) in [7, 11) is 0. The van der Waals surface area contributed by atoms with Gasteiger partial charge in [-0.1, -0.05) is 30.3 Å². The molecule has 3 nitrogen and oxygen atoms in total. The van der Waals surface area contributed by atoms with Gasteiger partial charge in [0.1, 0.15) is 11.4 Å². The van der Waals surface area contributed by atoms with Crippen molar-refractivity contribution in [2.24, 2.45) is 0 Å². The number of aliphatic hydroxyl groups is 1. The first kappa shape index (κ1) is 15.8. The summed E-state index contributed by atoms with van der Waals surface area (Å²) in [5.41, 5.74) is 0.341. The Morgan fingerprint density at radius 3 is 2.42 bits per heavy atom. The summed E-state index contributed by atoms with van der Waals surface area (Å²) in [4.78, 5) is 11.8. The van der Waals surface area contributed by atoms with Crippen molar-refractivity contribution >= 4 is 23.1 Å². The Kier molecular flexibility index (Phi) is 5.63. The molecule has 0 heterocycles. The molecule has 19 heavy (non-hydrogen) atoms. The van der Waals surface area contributed by atoms with Crippen molar-refractivity contribution in [3.63, 3.8) is 0 Å². The van der Waals surface area contributed by atoms with E-state index in [-0.39, 0.29) is 23.7 Å². The third-order valence-electron chi connectivity index (χ3n) is 2.37. The number of rotatable bonds is 5. The number of ether oxygens (including phenoxy) is 1. The van der Waals surface area contributed by atoms with Crippen molar-refractivity contribution in [2.45, 2.75) is 45.3 Å². The average Bonchev–Trinajstić information content (AvgIpc) is 2.27. The fourth-order valence-electron chi connectivity index (χ4n) is 1.62. The molecule has 1 aromatic carbocycles. The van der Waals surface area contributed by atoms with Crippen molar-refractivity contribution in [2.75, 3.05) is 0 Å². The molecule has 1 atom stereocenters. The van der Waals surface area contributed by atoms with Crippen LogP contribution in [0, 0.1) is 0 Å². The maximum Gasteiger partial charge on any atom is 0.167 e. The first-order chi connectivity index (χ1) is 8.78. The number of Topliss-reactive ketones (excluding diaryl/α,β-unsaturated/α-hetero) is 1. The zero-order valence-electron chi connectivity index (χ0n) is 11.6. The third-order valence-corrected chi connectivity index (χ3v) is 2.59. The molecule has 0 radical (unpaired) electrons. The Labute approximate surface area is 119 Å². The fraction of sp³-hybridized carbons (Fsp3) is 0.467. The van der Waals surface area contributed by atoms with E-state index in [1.807, 2.05) is 39.0 Å². The molecule has 0 spiro atoms. The molecule has 0 saturated carbocycles. The van der Waals surface area contributed by atoms with Crippen molar-refractivity contribution in [1.29, 1.82) is 0 Å². The summed E-state index contributed by atoms with van der Waals surface area (Å²) >= 11 is 5.02. The highest BCUT2D eigenvalue weighted by Gasteiger charge is 2.18. The number of hydrogen-bond acceptors (Lipinski definition) is 4. The molecule has 1 aromatic rings. The van der Waals surface area contributed by atoms with Crippen LogP contribution in [0.2, 0.25) is 0 Å². The summed E-state index contributed by atoms with van der Waals surface area (Å²) in [6, 6.07) is 9.11. The van der Waals surface area contributed by atoms with Crippen LogP contribution in [0.3, 0.4) is 0 Å². The van der Waals surface area contributed by atoms with Gasteiger partial charge in [-0.15, -0.1) is 0 Å². The van der Waals surface area contributed by atoms with Gasteiger partial charge in [0.15, 0.2) is 5.05 Å². The minimum atomic E-state index is -0.786. The molecule has 1 unspecified atom stereocenters. The van der Waals surface area contributed by atoms with Gasteiger partial charge in [0.25, 0.3) is 0 Å². The van der Waals surface area contributed by atoms with Gasteiger partial charge in [-0.2, -0.15) is 0 Å². The van der Waals surface area contributed by atoms with Gasteiger partial charge in [-0.05, 0) is 38.6 Å². The topological polar surface area (TPSA) is 46.5 Å². The molecule has 1 N–H and O–H groups in total. The summed E-state index contributed by atoms with van der Waals surface area (Å²) in [6.07, 6.45) is -0.667. The molecule has 0 bridgehead atoms. The lowest BCUT2D eigenvalue weighted by atomic mass is 10.0. The van der Waals surface area contributed by atoms with E-state index in [2.05, 4.69) is 0 Å². The maximum absolute atomic E-state index is 11.8. The highest BCUT2D eigenvalue weighted by molar-refractivity contribution is 7.80. The molecule has 0 amide bonds. The van der Waals surface area contributed by atoms with Gasteiger partial charge in [0, 0.05) is 6.42 Å². The second-order valence-electron chi connectivity index (χ2n) is 5.43. The first-order valence-corrected chi connectivity index (χ1v) is 6.65. The van der Waals surface area contributed by atoms with Gasteiger partial charge < -0.3 is 9.84 Å². The number of hydrogen-bond donors (Lipinski definition) is 1. The molecule has 0 aliphatic rings. The molecule has 0 saturated heterocycles. The summed E-state index contributed by atoms with van der Waals surface area (Å²) in [6.45, 7) is 5.63. The molecular weight excluding hydrogens is 260 g/mol. The Hall–Kier alpha value is -1.26. The number of benzene rings is 1. The number of thiocarbonyl (C=S) groups is 1. The molecule has 0 aromatic heterocycles. The van der Waals surface area contributed by atoms with Crippen LogP contribution in [0.4, 0.5) is 0 Å². The lowest BCUT2D eigenvalue weighted by molar-refractivity contribution is -0.120. The number of carbonyl (C=O) groups excluding carboxylic acids is 1. The van der Waals surface area contributed by atoms with E-state index in [0.29, 0.717) is 0 Å². The Morgan fingerprint density at radius 2 is 1.89 bits per heavy atom. The van der Waals surface area contributed by atoms with Crippen LogP contribution in [0.15, 0.2) is 30.3 Å². The lowest BCUT2D eigenvalue weighted by Crippen LogP contribution is -2.24. The summed E-state index contributed by atoms with van der Waals surface area (Å²) < 4.78 is 5.42. The van der Waals surface area contributed by atoms with Crippen LogP contribution in [0.1, 0.15) is 45.3 Å². The zero-order chi connectivity index (χ0) is 14.5. The lowest BCUT2D eigenvalue weighted by Gasteiger charge is -2.21. The standard InChI is InChI=1S/C15H20O3S/c1-15(2,3)18-14(19)10-12(16)9-13(17)11-7-5-4-6-8-11/h4-8,13,17H,9-10H2,1-3H3. The largest absolute Gasteiger partial charge is 0.481 e. The van der Waals surface area contributed by atoms with Crippen LogP contribution in [0.5, 0.6) is 0 Å². The monoisotopic (exact) mass is 280 g/mol. The van der Waals surface area contributed by atoms with Gasteiger partial charge in [-0.3, -0.25) is 4.79 Å². The fourth-order valence-corrected chi connectivity index (χ4v) is 2.03. The van der Waals surface area contributed by atoms with Crippen LogP contribution >= 0.6 is 12.2 Å². The Balaban J connectivity index is 2.46. The minimum Gasteiger partial charge on any atom is -0.481 e. The zero-order valence-corrected chi connectivity index (χ0v) is 12.4. The SMILES string of the molecule is CC(C)(C)OC(=S)CC(=O)CC(O)c1ccccc1. The van der Waals surface area contributed by atoms with E-state index in [9.17, 15) is 9.90 Å². The molecular formula is C15H20O3S. The van der Waals surface area contributed by atoms with E-state index < -0.39 is 11.7 Å². The molecule has 104 valence electrons. The van der Waals surface area contributed by atoms with Gasteiger partial charge in [0.2, 0.25) is 0 Å². The van der Waals surface area contributed by atoms with Crippen molar-refractivity contribution in [1.82, 2.24) is 0 Å². The Bertz CT molecular complexity index is 434. The van der Waals surface area contributed by atoms with E-state index >= 15 is 0 Å². The minimum absolute atomic E-state index is 0.0532. The number of ketones is 1. The summed E-state index contributed by atoms with van der Waals surface area (Å²) in [5.74, 6) is -0.120. The second-order valence-corrected chi connectivity index (χ2v) is 5.89. The van der Waals surface area contributed by atoms with Crippen LogP contribution in [0.25, 0.3) is 0 Å². The normalized spacial score (nSPS) is 12.8. The second kappa shape index (κ2) is 6.78. The highest BCUT2D eigenvalue weighted by Crippen LogP contribution is 2.18. The van der Waals surface area contributed by atoms with E-state index in [4.69, 9.17) is 17.0 Å². The molecule has 4 heteroatoms. The first-order valence-electron chi connectivity index (χ1n) is 6.24. The van der Waals surface area contributed by atoms with Crippen molar-refractivity contribution in [3.05, 3.63) is 35.9 Å². The average molecular weight is 280 g/mol. The predicted octanol–water partition coefficient (Wildman–Crippen LogP) is 3.21. The number of carbonyl (C=O) groups is 1. The molecule has 0 aliphatic heterocycles.